The van der Waals surface area contributed by atoms with Crippen LogP contribution in [0.25, 0.3) is 0 Å². The molecule has 3 atom stereocenters. The Hall–Kier alpha value is -1.83. The average Bonchev–Trinajstić information content (AvgIpc) is 2.72. The molecule has 180 valence electrons. The van der Waals surface area contributed by atoms with E-state index in [0.29, 0.717) is 6.61 Å². The fourth-order valence-corrected chi connectivity index (χ4v) is 5.15. The zero-order chi connectivity index (χ0) is 23.9. The molecule has 0 unspecified atom stereocenters. The van der Waals surface area contributed by atoms with E-state index in [1.807, 2.05) is 25.1 Å². The van der Waals surface area contributed by atoms with E-state index in [0.717, 1.165) is 36.3 Å². The number of methoxy groups -OCH3 is 2. The summed E-state index contributed by atoms with van der Waals surface area (Å²) in [5, 5.41) is 3.90. The molecule has 1 aromatic rings. The first-order chi connectivity index (χ1) is 15.0. The fraction of sp³-hybridized carbons (Fsp3) is 0.640. The third-order valence-electron chi connectivity index (χ3n) is 6.52. The van der Waals surface area contributed by atoms with Crippen molar-refractivity contribution in [3.05, 3.63) is 35.9 Å². The maximum Gasteiger partial charge on any atom is 0.330 e. The lowest BCUT2D eigenvalue weighted by Crippen LogP contribution is -2.49. The summed E-state index contributed by atoms with van der Waals surface area (Å²) in [5.74, 6) is 1.14. The normalized spacial score (nSPS) is 22.1. The molecule has 1 aromatic carbocycles. The van der Waals surface area contributed by atoms with E-state index in [9.17, 15) is 4.79 Å². The van der Waals surface area contributed by atoms with E-state index in [1.165, 1.54) is 6.08 Å². The quantitative estimate of drug-likeness (QED) is 0.301. The van der Waals surface area contributed by atoms with Gasteiger partial charge in [0.15, 0.2) is 19.8 Å². The Bertz CT molecular complexity index is 787. The van der Waals surface area contributed by atoms with Gasteiger partial charge in [-0.25, -0.2) is 4.79 Å². The molecule has 7 heteroatoms. The molecule has 0 aromatic heterocycles. The molecular formula is C25H41NO5Si. The highest BCUT2D eigenvalue weighted by molar-refractivity contribution is 6.74. The Morgan fingerprint density at radius 2 is 1.84 bits per heavy atom. The van der Waals surface area contributed by atoms with Crippen molar-refractivity contribution >= 4 is 14.3 Å². The van der Waals surface area contributed by atoms with Crippen molar-refractivity contribution in [1.82, 2.24) is 5.32 Å². The summed E-state index contributed by atoms with van der Waals surface area (Å²) in [5.41, 5.74) is 1.14. The van der Waals surface area contributed by atoms with Crippen molar-refractivity contribution in [2.75, 3.05) is 20.8 Å². The average molecular weight is 464 g/mol. The Kier molecular flexibility index (Phi) is 9.36. The molecule has 1 aliphatic heterocycles. The fourth-order valence-electron chi connectivity index (χ4n) is 3.77. The van der Waals surface area contributed by atoms with Gasteiger partial charge in [0.05, 0.1) is 20.8 Å². The SMILES string of the molecule is CCOC(=O)/C=C/C[C@H]1C[C@H](O[Si](C)(C)C(C)(C)C)C[C@@H](c2ccc(OC)c(OC)c2)N1. The molecule has 1 heterocycles. The first kappa shape index (κ1) is 26.4. The second-order valence-electron chi connectivity index (χ2n) is 9.89. The molecule has 1 fully saturated rings. The van der Waals surface area contributed by atoms with Crippen LogP contribution in [0.5, 0.6) is 11.5 Å². The molecule has 32 heavy (non-hydrogen) atoms. The number of ether oxygens (including phenoxy) is 3. The minimum Gasteiger partial charge on any atom is -0.493 e. The number of carbonyl (C=O) groups excluding carboxylic acids is 1. The molecule has 0 radical (unpaired) electrons. The lowest BCUT2D eigenvalue weighted by molar-refractivity contribution is -0.137. The Labute approximate surface area is 194 Å². The van der Waals surface area contributed by atoms with E-state index in [-0.39, 0.29) is 29.2 Å². The van der Waals surface area contributed by atoms with E-state index in [2.05, 4.69) is 45.2 Å². The summed E-state index contributed by atoms with van der Waals surface area (Å²) < 4.78 is 22.7. The molecule has 0 spiro atoms. The maximum atomic E-state index is 11.7. The second-order valence-corrected chi connectivity index (χ2v) is 14.6. The standard InChI is InChI=1S/C25H41NO5Si/c1-9-30-24(27)12-10-11-19-16-20(31-32(7,8)25(2,3)4)17-21(26-19)18-13-14-22(28-5)23(15-18)29-6/h10,12-15,19-21,26H,9,11,16-17H2,1-8H3/b12-10+/t19-,20-,21-/m0/s1. The number of benzene rings is 1. The minimum absolute atomic E-state index is 0.124. The van der Waals surface area contributed by atoms with Crippen LogP contribution in [0.3, 0.4) is 0 Å². The predicted octanol–water partition coefficient (Wildman–Crippen LogP) is 5.40. The summed E-state index contributed by atoms with van der Waals surface area (Å²) in [6.07, 6.45) is 6.10. The van der Waals surface area contributed by atoms with Crippen LogP contribution < -0.4 is 14.8 Å². The highest BCUT2D eigenvalue weighted by atomic mass is 28.4. The molecule has 1 aliphatic rings. The molecule has 0 bridgehead atoms. The van der Waals surface area contributed by atoms with Crippen molar-refractivity contribution in [1.29, 1.82) is 0 Å². The van der Waals surface area contributed by atoms with Gasteiger partial charge in [0, 0.05) is 24.3 Å². The van der Waals surface area contributed by atoms with Gasteiger partial charge in [0.2, 0.25) is 0 Å². The van der Waals surface area contributed by atoms with Gasteiger partial charge >= 0.3 is 5.97 Å². The van der Waals surface area contributed by atoms with Crippen LogP contribution in [-0.4, -0.2) is 47.3 Å². The van der Waals surface area contributed by atoms with Crippen LogP contribution in [0.4, 0.5) is 0 Å². The van der Waals surface area contributed by atoms with Crippen molar-refractivity contribution in [3.63, 3.8) is 0 Å². The Morgan fingerprint density at radius 3 is 2.44 bits per heavy atom. The Balaban J connectivity index is 2.24. The highest BCUT2D eigenvalue weighted by Gasteiger charge is 2.41. The lowest BCUT2D eigenvalue weighted by atomic mass is 9.90. The summed E-state index contributed by atoms with van der Waals surface area (Å²) in [6.45, 7) is 13.6. The number of rotatable bonds is 9. The van der Waals surface area contributed by atoms with Gasteiger partial charge in [-0.05, 0) is 62.0 Å². The molecule has 1 saturated heterocycles. The molecule has 0 saturated carbocycles. The number of carbonyl (C=O) groups is 1. The van der Waals surface area contributed by atoms with Crippen LogP contribution in [0.15, 0.2) is 30.4 Å². The maximum absolute atomic E-state index is 11.7. The number of hydrogen-bond acceptors (Lipinski definition) is 6. The zero-order valence-corrected chi connectivity index (χ0v) is 22.0. The summed E-state index contributed by atoms with van der Waals surface area (Å²) in [6, 6.07) is 6.39. The van der Waals surface area contributed by atoms with E-state index in [4.69, 9.17) is 18.6 Å². The monoisotopic (exact) mass is 463 g/mol. The van der Waals surface area contributed by atoms with E-state index in [1.54, 1.807) is 14.2 Å². The van der Waals surface area contributed by atoms with Crippen molar-refractivity contribution in [3.8, 4) is 11.5 Å². The topological polar surface area (TPSA) is 66.0 Å². The Morgan fingerprint density at radius 1 is 1.16 bits per heavy atom. The second kappa shape index (κ2) is 11.3. The lowest BCUT2D eigenvalue weighted by Gasteiger charge is -2.44. The van der Waals surface area contributed by atoms with Gasteiger partial charge in [-0.2, -0.15) is 0 Å². The molecule has 2 rings (SSSR count). The van der Waals surface area contributed by atoms with Crippen LogP contribution in [0, 0.1) is 0 Å². The third-order valence-corrected chi connectivity index (χ3v) is 11.1. The van der Waals surface area contributed by atoms with Crippen LogP contribution in [0.1, 0.15) is 58.6 Å². The number of hydrogen-bond donors (Lipinski definition) is 1. The number of nitrogens with one attached hydrogen (secondary N) is 1. The van der Waals surface area contributed by atoms with Gasteiger partial charge in [0.1, 0.15) is 0 Å². The van der Waals surface area contributed by atoms with Crippen molar-refractivity contribution in [2.45, 2.75) is 83.3 Å². The van der Waals surface area contributed by atoms with Gasteiger partial charge < -0.3 is 24.0 Å². The third kappa shape index (κ3) is 7.09. The van der Waals surface area contributed by atoms with Crippen molar-refractivity contribution in [2.24, 2.45) is 0 Å². The predicted molar refractivity (Wildman–Crippen MR) is 131 cm³/mol. The van der Waals surface area contributed by atoms with Gasteiger partial charge in [0.25, 0.3) is 0 Å². The summed E-state index contributed by atoms with van der Waals surface area (Å²) >= 11 is 0. The molecule has 0 aliphatic carbocycles. The largest absolute Gasteiger partial charge is 0.493 e. The van der Waals surface area contributed by atoms with Gasteiger partial charge in [-0.15, -0.1) is 0 Å². The summed E-state index contributed by atoms with van der Waals surface area (Å²) in [7, 11) is 1.39. The smallest absolute Gasteiger partial charge is 0.330 e. The first-order valence-corrected chi connectivity index (χ1v) is 14.4. The van der Waals surface area contributed by atoms with Crippen LogP contribution in [0.2, 0.25) is 18.1 Å². The minimum atomic E-state index is -1.91. The zero-order valence-electron chi connectivity index (χ0n) is 21.0. The van der Waals surface area contributed by atoms with Crippen LogP contribution >= 0.6 is 0 Å². The van der Waals surface area contributed by atoms with Crippen molar-refractivity contribution < 1.29 is 23.4 Å². The van der Waals surface area contributed by atoms with Crippen LogP contribution in [-0.2, 0) is 14.0 Å². The molecule has 1 N–H and O–H groups in total. The number of esters is 1. The van der Waals surface area contributed by atoms with E-state index >= 15 is 0 Å². The highest BCUT2D eigenvalue weighted by Crippen LogP contribution is 2.41. The summed E-state index contributed by atoms with van der Waals surface area (Å²) in [4.78, 5) is 11.7. The first-order valence-electron chi connectivity index (χ1n) is 11.5. The van der Waals surface area contributed by atoms with Gasteiger partial charge in [-0.1, -0.05) is 32.9 Å². The number of piperidine rings is 1. The molecular weight excluding hydrogens is 422 g/mol. The van der Waals surface area contributed by atoms with Gasteiger partial charge in [-0.3, -0.25) is 0 Å². The van der Waals surface area contributed by atoms with E-state index < -0.39 is 8.32 Å². The molecule has 6 nitrogen and oxygen atoms in total. The molecule has 0 amide bonds.